The largest absolute Gasteiger partial charge is 0.497 e. The van der Waals surface area contributed by atoms with E-state index in [9.17, 15) is 9.59 Å². The average molecular weight is 482 g/mol. The fourth-order valence-electron chi connectivity index (χ4n) is 3.66. The summed E-state index contributed by atoms with van der Waals surface area (Å²) in [5.74, 6) is 1.09. The Bertz CT molecular complexity index is 1110. The number of morpholine rings is 1. The van der Waals surface area contributed by atoms with Gasteiger partial charge >= 0.3 is 0 Å². The number of nitrogens with zero attached hydrogens (tertiary/aromatic N) is 3. The molecule has 2 aromatic rings. The average Bonchev–Trinajstić information content (AvgIpc) is 3.18. The zero-order valence-electron chi connectivity index (χ0n) is 19.4. The third kappa shape index (κ3) is 5.26. The van der Waals surface area contributed by atoms with Crippen molar-refractivity contribution in [3.05, 3.63) is 59.8 Å². The summed E-state index contributed by atoms with van der Waals surface area (Å²) in [6.45, 7) is 4.04. The number of rotatable bonds is 6. The summed E-state index contributed by atoms with van der Waals surface area (Å²) >= 11 is 1.27. The molecular formula is C25H27N3O5S. The minimum Gasteiger partial charge on any atom is -0.497 e. The Morgan fingerprint density at radius 2 is 1.79 bits per heavy atom. The van der Waals surface area contributed by atoms with Gasteiger partial charge in [-0.05, 0) is 42.8 Å². The lowest BCUT2D eigenvalue weighted by molar-refractivity contribution is -0.134. The van der Waals surface area contributed by atoms with Crippen LogP contribution in [0.3, 0.4) is 0 Å². The molecule has 0 saturated carbocycles. The fraction of sp³-hybridized carbons (Fsp3) is 0.320. The number of amides is 2. The monoisotopic (exact) mass is 481 g/mol. The van der Waals surface area contributed by atoms with Crippen LogP contribution in [-0.2, 0) is 14.3 Å². The standard InChI is InChI=1S/C25H27N3O5S/c1-17(23(29)27-11-13-33-14-12-27)34-25-26-22(15-18-7-9-20(31-2)10-8-18)24(30)28(25)19-5-4-6-21(16-19)32-3/h4-10,15-17H,11-14H2,1-3H3/b22-15-. The summed E-state index contributed by atoms with van der Waals surface area (Å²) in [5, 5.41) is 0.0326. The van der Waals surface area contributed by atoms with Gasteiger partial charge in [0, 0.05) is 19.2 Å². The zero-order valence-corrected chi connectivity index (χ0v) is 20.2. The van der Waals surface area contributed by atoms with E-state index in [1.807, 2.05) is 49.4 Å². The van der Waals surface area contributed by atoms with E-state index in [0.717, 1.165) is 11.3 Å². The number of amidine groups is 1. The van der Waals surface area contributed by atoms with Crippen LogP contribution in [0.25, 0.3) is 6.08 Å². The Labute approximate surface area is 203 Å². The van der Waals surface area contributed by atoms with Crippen LogP contribution in [0.4, 0.5) is 5.69 Å². The highest BCUT2D eigenvalue weighted by molar-refractivity contribution is 8.15. The summed E-state index contributed by atoms with van der Waals surface area (Å²) in [6.07, 6.45) is 1.73. The van der Waals surface area contributed by atoms with Gasteiger partial charge in [-0.1, -0.05) is 30.0 Å². The van der Waals surface area contributed by atoms with E-state index >= 15 is 0 Å². The molecule has 178 valence electrons. The molecule has 2 amide bonds. The number of hydrogen-bond donors (Lipinski definition) is 0. The summed E-state index contributed by atoms with van der Waals surface area (Å²) < 4.78 is 15.9. The molecular weight excluding hydrogens is 454 g/mol. The summed E-state index contributed by atoms with van der Waals surface area (Å²) in [6, 6.07) is 14.6. The number of carbonyl (C=O) groups is 2. The van der Waals surface area contributed by atoms with E-state index in [0.29, 0.717) is 48.6 Å². The number of thioether (sulfide) groups is 1. The van der Waals surface area contributed by atoms with Gasteiger partial charge in [-0.25, -0.2) is 4.99 Å². The van der Waals surface area contributed by atoms with E-state index in [4.69, 9.17) is 14.2 Å². The molecule has 1 fully saturated rings. The second-order valence-electron chi connectivity index (χ2n) is 7.74. The normalized spacial score (nSPS) is 18.1. The lowest BCUT2D eigenvalue weighted by Crippen LogP contribution is -2.44. The molecule has 0 aliphatic carbocycles. The molecule has 2 aliphatic heterocycles. The quantitative estimate of drug-likeness (QED) is 0.588. The van der Waals surface area contributed by atoms with Crippen LogP contribution in [0.15, 0.2) is 59.2 Å². The fourth-order valence-corrected chi connectivity index (χ4v) is 4.67. The molecule has 2 aromatic carbocycles. The van der Waals surface area contributed by atoms with Crippen molar-refractivity contribution >= 4 is 40.5 Å². The van der Waals surface area contributed by atoms with Gasteiger partial charge in [-0.2, -0.15) is 0 Å². The molecule has 0 bridgehead atoms. The summed E-state index contributed by atoms with van der Waals surface area (Å²) in [5.41, 5.74) is 1.74. The first-order valence-electron chi connectivity index (χ1n) is 11.0. The summed E-state index contributed by atoms with van der Waals surface area (Å²) in [7, 11) is 3.18. The number of aliphatic imine (C=N–C) groups is 1. The SMILES string of the molecule is COc1ccc(/C=C2\N=C(SC(C)C(=O)N3CCOCC3)N(c3cccc(OC)c3)C2=O)cc1. The topological polar surface area (TPSA) is 80.7 Å². The Kier molecular flexibility index (Phi) is 7.54. The van der Waals surface area contributed by atoms with Gasteiger partial charge in [-0.3, -0.25) is 14.5 Å². The second-order valence-corrected chi connectivity index (χ2v) is 9.04. The molecule has 9 heteroatoms. The molecule has 34 heavy (non-hydrogen) atoms. The number of hydrogen-bond acceptors (Lipinski definition) is 7. The molecule has 8 nitrogen and oxygen atoms in total. The predicted octanol–water partition coefficient (Wildman–Crippen LogP) is 3.43. The number of methoxy groups -OCH3 is 2. The van der Waals surface area contributed by atoms with E-state index < -0.39 is 5.25 Å². The van der Waals surface area contributed by atoms with Crippen LogP contribution < -0.4 is 14.4 Å². The van der Waals surface area contributed by atoms with Crippen molar-refractivity contribution in [3.8, 4) is 11.5 Å². The van der Waals surface area contributed by atoms with Crippen LogP contribution in [0.1, 0.15) is 12.5 Å². The van der Waals surface area contributed by atoms with Crippen LogP contribution in [-0.4, -0.2) is 67.7 Å². The predicted molar refractivity (Wildman–Crippen MR) is 133 cm³/mol. The molecule has 0 N–H and O–H groups in total. The van der Waals surface area contributed by atoms with Crippen LogP contribution in [0.2, 0.25) is 0 Å². The Balaban J connectivity index is 1.64. The Morgan fingerprint density at radius 3 is 2.47 bits per heavy atom. The highest BCUT2D eigenvalue weighted by Gasteiger charge is 2.35. The number of carbonyl (C=O) groups excluding carboxylic acids is 2. The molecule has 0 spiro atoms. The number of anilines is 1. The maximum Gasteiger partial charge on any atom is 0.283 e. The van der Waals surface area contributed by atoms with Gasteiger partial charge in [0.2, 0.25) is 5.91 Å². The zero-order chi connectivity index (χ0) is 24.1. The smallest absolute Gasteiger partial charge is 0.283 e. The first-order chi connectivity index (χ1) is 16.5. The molecule has 2 heterocycles. The lowest BCUT2D eigenvalue weighted by atomic mass is 10.2. The first-order valence-corrected chi connectivity index (χ1v) is 11.8. The van der Waals surface area contributed by atoms with E-state index in [1.54, 1.807) is 31.3 Å². The van der Waals surface area contributed by atoms with Gasteiger partial charge in [0.1, 0.15) is 17.2 Å². The number of ether oxygens (including phenoxy) is 3. The number of benzene rings is 2. The van der Waals surface area contributed by atoms with Gasteiger partial charge in [0.15, 0.2) is 5.17 Å². The molecule has 0 radical (unpaired) electrons. The third-order valence-corrected chi connectivity index (χ3v) is 6.55. The van der Waals surface area contributed by atoms with Crippen molar-refractivity contribution in [1.82, 2.24) is 4.90 Å². The van der Waals surface area contributed by atoms with Gasteiger partial charge in [-0.15, -0.1) is 0 Å². The minimum absolute atomic E-state index is 0.00150. The third-order valence-electron chi connectivity index (χ3n) is 5.51. The van der Waals surface area contributed by atoms with Crippen LogP contribution in [0, 0.1) is 0 Å². The Morgan fingerprint density at radius 1 is 1.09 bits per heavy atom. The first kappa shape index (κ1) is 23.8. The second kappa shape index (κ2) is 10.8. The van der Waals surface area contributed by atoms with Crippen molar-refractivity contribution in [2.24, 2.45) is 4.99 Å². The highest BCUT2D eigenvalue weighted by atomic mass is 32.2. The van der Waals surface area contributed by atoms with Crippen molar-refractivity contribution < 1.29 is 23.8 Å². The summed E-state index contributed by atoms with van der Waals surface area (Å²) in [4.78, 5) is 34.4. The van der Waals surface area contributed by atoms with E-state index in [1.165, 1.54) is 16.7 Å². The molecule has 1 saturated heterocycles. The van der Waals surface area contributed by atoms with E-state index in [-0.39, 0.29) is 11.8 Å². The van der Waals surface area contributed by atoms with E-state index in [2.05, 4.69) is 4.99 Å². The lowest BCUT2D eigenvalue weighted by Gasteiger charge is -2.29. The minimum atomic E-state index is -0.418. The van der Waals surface area contributed by atoms with Crippen molar-refractivity contribution in [3.63, 3.8) is 0 Å². The highest BCUT2D eigenvalue weighted by Crippen LogP contribution is 2.33. The molecule has 4 rings (SSSR count). The van der Waals surface area contributed by atoms with Crippen LogP contribution in [0.5, 0.6) is 11.5 Å². The Hall–Kier alpha value is -3.30. The molecule has 1 unspecified atom stereocenters. The van der Waals surface area contributed by atoms with Gasteiger partial charge in [0.05, 0.1) is 38.4 Å². The van der Waals surface area contributed by atoms with Crippen molar-refractivity contribution in [1.29, 1.82) is 0 Å². The van der Waals surface area contributed by atoms with Gasteiger partial charge in [0.25, 0.3) is 5.91 Å². The maximum atomic E-state index is 13.4. The van der Waals surface area contributed by atoms with Gasteiger partial charge < -0.3 is 19.1 Å². The maximum absolute atomic E-state index is 13.4. The van der Waals surface area contributed by atoms with Crippen molar-refractivity contribution in [2.75, 3.05) is 45.4 Å². The molecule has 1 atom stereocenters. The molecule has 2 aliphatic rings. The van der Waals surface area contributed by atoms with Crippen LogP contribution >= 0.6 is 11.8 Å². The molecule has 0 aromatic heterocycles. The van der Waals surface area contributed by atoms with Crippen molar-refractivity contribution in [2.45, 2.75) is 12.2 Å².